The van der Waals surface area contributed by atoms with Gasteiger partial charge in [0.25, 0.3) is 0 Å². The number of aliphatic hydroxyl groups excluding tert-OH is 1. The van der Waals surface area contributed by atoms with Crippen LogP contribution < -0.4 is 0 Å². The Labute approximate surface area is 110 Å². The van der Waals surface area contributed by atoms with Gasteiger partial charge in [-0.3, -0.25) is 4.79 Å². The highest BCUT2D eigenvalue weighted by molar-refractivity contribution is 5.85. The van der Waals surface area contributed by atoms with Crippen LogP contribution >= 0.6 is 0 Å². The zero-order valence-electron chi connectivity index (χ0n) is 11.5. The number of hydrogen-bond acceptors (Lipinski definition) is 3. The molecular weight excluding hydrogens is 228 g/mol. The molecule has 1 fully saturated rings. The number of β-amino-alcohol motifs (C(OH)–C–C–N with tert-alkyl or cyclic N) is 1. The fourth-order valence-corrected chi connectivity index (χ4v) is 2.79. The van der Waals surface area contributed by atoms with E-state index in [0.29, 0.717) is 25.9 Å². The van der Waals surface area contributed by atoms with Gasteiger partial charge in [0.15, 0.2) is 0 Å². The molecule has 1 atom stereocenters. The molecule has 1 heterocycles. The normalized spacial score (nSPS) is 20.6. The molecule has 0 saturated carbocycles. The molecule has 1 rings (SSSR count). The molecule has 0 aromatic heterocycles. The Bertz CT molecular complexity index is 316. The number of amides is 1. The molecule has 102 valence electrons. The van der Waals surface area contributed by atoms with Gasteiger partial charge in [0.1, 0.15) is 5.41 Å². The van der Waals surface area contributed by atoms with E-state index in [2.05, 4.69) is 6.07 Å². The summed E-state index contributed by atoms with van der Waals surface area (Å²) in [5.74, 6) is -0.0764. The molecule has 1 unspecified atom stereocenters. The van der Waals surface area contributed by atoms with E-state index in [0.717, 1.165) is 25.7 Å². The fourth-order valence-electron chi connectivity index (χ4n) is 2.79. The third kappa shape index (κ3) is 3.23. The van der Waals surface area contributed by atoms with Crippen molar-refractivity contribution >= 4 is 5.91 Å². The first-order valence-electron chi connectivity index (χ1n) is 6.98. The van der Waals surface area contributed by atoms with Crippen LogP contribution in [0.5, 0.6) is 0 Å². The Balaban J connectivity index is 2.84. The maximum Gasteiger partial charge on any atom is 0.243 e. The van der Waals surface area contributed by atoms with Crippen LogP contribution in [0.1, 0.15) is 52.4 Å². The Morgan fingerprint density at radius 1 is 1.44 bits per heavy atom. The van der Waals surface area contributed by atoms with Crippen molar-refractivity contribution in [3.05, 3.63) is 0 Å². The molecule has 18 heavy (non-hydrogen) atoms. The predicted octanol–water partition coefficient (Wildman–Crippen LogP) is 2.08. The molecule has 4 nitrogen and oxygen atoms in total. The van der Waals surface area contributed by atoms with Gasteiger partial charge in [-0.05, 0) is 25.7 Å². The number of carbonyl (C=O) groups excluding carboxylic acids is 1. The summed E-state index contributed by atoms with van der Waals surface area (Å²) in [6.45, 7) is 5.06. The zero-order chi connectivity index (χ0) is 13.6. The van der Waals surface area contributed by atoms with Crippen LogP contribution in [-0.4, -0.2) is 35.1 Å². The van der Waals surface area contributed by atoms with Crippen LogP contribution in [0.4, 0.5) is 0 Å². The third-order valence-corrected chi connectivity index (χ3v) is 3.66. The number of carbonyl (C=O) groups is 1. The average Bonchev–Trinajstić information content (AvgIpc) is 2.37. The topological polar surface area (TPSA) is 64.3 Å². The van der Waals surface area contributed by atoms with Crippen molar-refractivity contribution in [2.75, 3.05) is 13.1 Å². The summed E-state index contributed by atoms with van der Waals surface area (Å²) in [6, 6.07) is 2.26. The number of nitrogens with zero attached hydrogens (tertiary/aromatic N) is 2. The first-order valence-corrected chi connectivity index (χ1v) is 6.98. The van der Waals surface area contributed by atoms with Gasteiger partial charge >= 0.3 is 0 Å². The highest BCUT2D eigenvalue weighted by Gasteiger charge is 2.41. The van der Waals surface area contributed by atoms with E-state index in [4.69, 9.17) is 0 Å². The molecule has 0 aliphatic carbocycles. The molecule has 1 amide bonds. The summed E-state index contributed by atoms with van der Waals surface area (Å²) >= 11 is 0. The van der Waals surface area contributed by atoms with Gasteiger partial charge in [0.05, 0.1) is 12.2 Å². The minimum absolute atomic E-state index is 0.0764. The molecule has 0 spiro atoms. The van der Waals surface area contributed by atoms with Crippen molar-refractivity contribution in [2.24, 2.45) is 5.41 Å². The largest absolute Gasteiger partial charge is 0.391 e. The molecule has 0 aromatic carbocycles. The molecule has 0 aromatic rings. The van der Waals surface area contributed by atoms with Crippen LogP contribution in [0.15, 0.2) is 0 Å². The van der Waals surface area contributed by atoms with Crippen molar-refractivity contribution in [1.82, 2.24) is 4.90 Å². The SMILES string of the molecule is CCCC(C#N)(CCC)C(=O)N1CCCC(O)C1. The van der Waals surface area contributed by atoms with E-state index in [1.54, 1.807) is 4.90 Å². The van der Waals surface area contributed by atoms with E-state index in [1.165, 1.54) is 0 Å². The number of likely N-dealkylation sites (tertiary alicyclic amines) is 1. The maximum absolute atomic E-state index is 12.6. The van der Waals surface area contributed by atoms with Gasteiger partial charge < -0.3 is 10.0 Å². The van der Waals surface area contributed by atoms with E-state index >= 15 is 0 Å². The number of aliphatic hydroxyl groups is 1. The number of hydrogen-bond donors (Lipinski definition) is 1. The molecule has 0 radical (unpaired) electrons. The third-order valence-electron chi connectivity index (χ3n) is 3.66. The molecule has 1 saturated heterocycles. The molecule has 1 N–H and O–H groups in total. The lowest BCUT2D eigenvalue weighted by Crippen LogP contribution is -2.49. The summed E-state index contributed by atoms with van der Waals surface area (Å²) in [7, 11) is 0. The van der Waals surface area contributed by atoms with Crippen LogP contribution in [0.25, 0.3) is 0 Å². The smallest absolute Gasteiger partial charge is 0.243 e. The average molecular weight is 252 g/mol. The standard InChI is InChI=1S/C14H24N2O2/c1-3-7-14(11-15,8-4-2)13(18)16-9-5-6-12(17)10-16/h12,17H,3-10H2,1-2H3. The van der Waals surface area contributed by atoms with Crippen LogP contribution in [0.3, 0.4) is 0 Å². The van der Waals surface area contributed by atoms with Crippen molar-refractivity contribution in [2.45, 2.75) is 58.5 Å². The Kier molecular flexibility index (Phi) is 5.61. The van der Waals surface area contributed by atoms with Crippen LogP contribution in [-0.2, 0) is 4.79 Å². The summed E-state index contributed by atoms with van der Waals surface area (Å²) in [5.41, 5.74) is -0.874. The van der Waals surface area contributed by atoms with Crippen molar-refractivity contribution in [3.63, 3.8) is 0 Å². The monoisotopic (exact) mass is 252 g/mol. The Hall–Kier alpha value is -1.08. The lowest BCUT2D eigenvalue weighted by Gasteiger charge is -2.36. The second-order valence-electron chi connectivity index (χ2n) is 5.24. The Morgan fingerprint density at radius 2 is 2.06 bits per heavy atom. The van der Waals surface area contributed by atoms with Gasteiger partial charge in [-0.1, -0.05) is 26.7 Å². The lowest BCUT2D eigenvalue weighted by molar-refractivity contribution is -0.143. The summed E-state index contributed by atoms with van der Waals surface area (Å²) in [6.07, 6.45) is 4.04. The van der Waals surface area contributed by atoms with Crippen molar-refractivity contribution < 1.29 is 9.90 Å². The van der Waals surface area contributed by atoms with Crippen LogP contribution in [0, 0.1) is 16.7 Å². The fraction of sp³-hybridized carbons (Fsp3) is 0.857. The summed E-state index contributed by atoms with van der Waals surface area (Å²) in [5, 5.41) is 19.1. The second kappa shape index (κ2) is 6.75. The molecule has 0 bridgehead atoms. The Morgan fingerprint density at radius 3 is 2.50 bits per heavy atom. The molecule has 1 aliphatic rings. The maximum atomic E-state index is 12.6. The molecular formula is C14H24N2O2. The summed E-state index contributed by atoms with van der Waals surface area (Å²) < 4.78 is 0. The first-order chi connectivity index (χ1) is 8.59. The highest BCUT2D eigenvalue weighted by atomic mass is 16.3. The van der Waals surface area contributed by atoms with Crippen molar-refractivity contribution in [1.29, 1.82) is 5.26 Å². The van der Waals surface area contributed by atoms with Crippen molar-refractivity contribution in [3.8, 4) is 6.07 Å². The van der Waals surface area contributed by atoms with E-state index in [1.807, 2.05) is 13.8 Å². The number of piperidine rings is 1. The minimum atomic E-state index is -0.874. The van der Waals surface area contributed by atoms with Gasteiger partial charge in [0, 0.05) is 13.1 Å². The van der Waals surface area contributed by atoms with Gasteiger partial charge in [0.2, 0.25) is 5.91 Å². The lowest BCUT2D eigenvalue weighted by atomic mass is 9.79. The van der Waals surface area contributed by atoms with E-state index in [-0.39, 0.29) is 5.91 Å². The van der Waals surface area contributed by atoms with Crippen LogP contribution in [0.2, 0.25) is 0 Å². The quantitative estimate of drug-likeness (QED) is 0.814. The van der Waals surface area contributed by atoms with Gasteiger partial charge in [-0.25, -0.2) is 0 Å². The molecule has 4 heteroatoms. The minimum Gasteiger partial charge on any atom is -0.391 e. The summed E-state index contributed by atoms with van der Waals surface area (Å²) in [4.78, 5) is 14.3. The predicted molar refractivity (Wildman–Crippen MR) is 69.7 cm³/mol. The van der Waals surface area contributed by atoms with E-state index < -0.39 is 11.5 Å². The van der Waals surface area contributed by atoms with Gasteiger partial charge in [-0.15, -0.1) is 0 Å². The first kappa shape index (κ1) is 15.0. The number of rotatable bonds is 5. The highest BCUT2D eigenvalue weighted by Crippen LogP contribution is 2.32. The zero-order valence-corrected chi connectivity index (χ0v) is 11.5. The number of nitriles is 1. The van der Waals surface area contributed by atoms with Gasteiger partial charge in [-0.2, -0.15) is 5.26 Å². The second-order valence-corrected chi connectivity index (χ2v) is 5.24. The molecule has 1 aliphatic heterocycles. The van der Waals surface area contributed by atoms with E-state index in [9.17, 15) is 15.2 Å².